The monoisotopic (exact) mass is 375 g/mol. The molecule has 144 valence electrons. The van der Waals surface area contributed by atoms with Crippen molar-refractivity contribution < 1.29 is 9.90 Å². The first-order valence-electron chi connectivity index (χ1n) is 9.78. The van der Waals surface area contributed by atoms with E-state index in [1.807, 2.05) is 30.3 Å². The van der Waals surface area contributed by atoms with Gasteiger partial charge in [-0.15, -0.1) is 0 Å². The number of rotatable bonds is 6. The summed E-state index contributed by atoms with van der Waals surface area (Å²) >= 11 is 0. The number of aliphatic hydroxyl groups excluding tert-OH is 1. The topological polar surface area (TPSA) is 70.9 Å². The van der Waals surface area contributed by atoms with Crippen molar-refractivity contribution in [2.24, 2.45) is 11.7 Å². The molecule has 4 rings (SSSR count). The molecule has 0 bridgehead atoms. The largest absolute Gasteiger partial charge is 0.392 e. The summed E-state index contributed by atoms with van der Waals surface area (Å²) in [6.07, 6.45) is 1.21. The van der Waals surface area contributed by atoms with Crippen LogP contribution in [0.15, 0.2) is 54.6 Å². The van der Waals surface area contributed by atoms with Gasteiger partial charge in [0.25, 0.3) is 0 Å². The van der Waals surface area contributed by atoms with Gasteiger partial charge in [-0.05, 0) is 29.9 Å². The van der Waals surface area contributed by atoms with Gasteiger partial charge in [-0.2, -0.15) is 0 Å². The molecule has 1 saturated heterocycles. The van der Waals surface area contributed by atoms with Crippen molar-refractivity contribution in [1.82, 2.24) is 4.90 Å². The van der Waals surface area contributed by atoms with E-state index in [2.05, 4.69) is 21.9 Å². The summed E-state index contributed by atoms with van der Waals surface area (Å²) in [6.45, 7) is 9.63. The van der Waals surface area contributed by atoms with Gasteiger partial charge >= 0.3 is 0 Å². The molecule has 0 spiro atoms. The summed E-state index contributed by atoms with van der Waals surface area (Å²) in [7, 11) is 0. The van der Waals surface area contributed by atoms with Gasteiger partial charge in [0.1, 0.15) is 0 Å². The van der Waals surface area contributed by atoms with E-state index in [9.17, 15) is 9.90 Å². The zero-order valence-electron chi connectivity index (χ0n) is 15.8. The third-order valence-electron chi connectivity index (χ3n) is 6.36. The lowest BCUT2D eigenvalue weighted by Crippen LogP contribution is -2.35. The average molecular weight is 375 g/mol. The van der Waals surface area contributed by atoms with E-state index in [0.29, 0.717) is 18.7 Å². The van der Waals surface area contributed by atoms with Gasteiger partial charge in [0.2, 0.25) is 5.91 Å². The van der Waals surface area contributed by atoms with E-state index in [0.717, 1.165) is 25.1 Å². The van der Waals surface area contributed by atoms with Crippen LogP contribution in [0.25, 0.3) is 4.85 Å². The predicted molar refractivity (Wildman–Crippen MR) is 108 cm³/mol. The number of primary amides is 1. The minimum Gasteiger partial charge on any atom is -0.392 e. The highest BCUT2D eigenvalue weighted by molar-refractivity contribution is 5.91. The van der Waals surface area contributed by atoms with Gasteiger partial charge in [0.05, 0.1) is 18.1 Å². The SMILES string of the molecule is [C-]#[N+]c1cccc(C2(C(N)=O)CC2[C@H](CN2CC[C@H](O)C2)c2ccccc2)c1. The number of hydrogen-bond acceptors (Lipinski definition) is 3. The average Bonchev–Trinajstić information content (AvgIpc) is 3.35. The van der Waals surface area contributed by atoms with Gasteiger partial charge in [0.15, 0.2) is 5.69 Å². The van der Waals surface area contributed by atoms with Gasteiger partial charge in [0, 0.05) is 25.6 Å². The summed E-state index contributed by atoms with van der Waals surface area (Å²) in [5, 5.41) is 9.92. The Morgan fingerprint density at radius 2 is 2.07 bits per heavy atom. The second-order valence-corrected chi connectivity index (χ2v) is 8.03. The van der Waals surface area contributed by atoms with Crippen LogP contribution in [0.4, 0.5) is 5.69 Å². The highest BCUT2D eigenvalue weighted by Gasteiger charge is 2.62. The van der Waals surface area contributed by atoms with E-state index in [1.54, 1.807) is 12.1 Å². The molecular weight excluding hydrogens is 350 g/mol. The Labute approximate surface area is 165 Å². The van der Waals surface area contributed by atoms with E-state index in [-0.39, 0.29) is 23.8 Å². The van der Waals surface area contributed by atoms with Crippen LogP contribution < -0.4 is 5.73 Å². The van der Waals surface area contributed by atoms with Crippen molar-refractivity contribution in [3.8, 4) is 0 Å². The molecule has 2 unspecified atom stereocenters. The lowest BCUT2D eigenvalue weighted by molar-refractivity contribution is -0.120. The van der Waals surface area contributed by atoms with Gasteiger partial charge in [-0.1, -0.05) is 54.6 Å². The lowest BCUT2D eigenvalue weighted by atomic mass is 9.84. The van der Waals surface area contributed by atoms with E-state index >= 15 is 0 Å². The smallest absolute Gasteiger partial charge is 0.228 e. The van der Waals surface area contributed by atoms with Gasteiger partial charge in [-0.25, -0.2) is 4.85 Å². The van der Waals surface area contributed by atoms with Crippen molar-refractivity contribution in [3.63, 3.8) is 0 Å². The van der Waals surface area contributed by atoms with Crippen LogP contribution in [0.1, 0.15) is 29.9 Å². The summed E-state index contributed by atoms with van der Waals surface area (Å²) in [5.74, 6) is -0.0799. The molecule has 2 fully saturated rings. The second kappa shape index (κ2) is 7.38. The number of amides is 1. The Morgan fingerprint density at radius 1 is 1.29 bits per heavy atom. The Bertz CT molecular complexity index is 908. The second-order valence-electron chi connectivity index (χ2n) is 8.03. The van der Waals surface area contributed by atoms with Crippen molar-refractivity contribution in [3.05, 3.63) is 77.1 Å². The van der Waals surface area contributed by atoms with Gasteiger partial charge in [-0.3, -0.25) is 4.79 Å². The number of carbonyl (C=O) groups is 1. The molecule has 28 heavy (non-hydrogen) atoms. The van der Waals surface area contributed by atoms with E-state index in [1.165, 1.54) is 5.56 Å². The molecule has 1 aliphatic carbocycles. The number of likely N-dealkylation sites (tertiary alicyclic amines) is 1. The molecule has 0 radical (unpaired) electrons. The first-order chi connectivity index (χ1) is 13.5. The van der Waals surface area contributed by atoms with Crippen molar-refractivity contribution in [1.29, 1.82) is 0 Å². The molecule has 4 atom stereocenters. The number of benzene rings is 2. The highest BCUT2D eigenvalue weighted by atomic mass is 16.3. The number of nitrogens with two attached hydrogens (primary N) is 1. The molecule has 1 heterocycles. The summed E-state index contributed by atoms with van der Waals surface area (Å²) in [4.78, 5) is 18.4. The Morgan fingerprint density at radius 3 is 2.71 bits per heavy atom. The Balaban J connectivity index is 1.68. The normalized spacial score (nSPS) is 27.9. The fraction of sp³-hybridized carbons (Fsp3) is 0.391. The summed E-state index contributed by atoms with van der Waals surface area (Å²) in [5.41, 5.74) is 7.77. The number of nitrogens with zero attached hydrogens (tertiary/aromatic N) is 2. The van der Waals surface area contributed by atoms with Crippen LogP contribution in [0.5, 0.6) is 0 Å². The molecule has 2 aromatic rings. The van der Waals surface area contributed by atoms with Gasteiger partial charge < -0.3 is 15.7 Å². The van der Waals surface area contributed by atoms with Crippen LogP contribution in [-0.2, 0) is 10.2 Å². The lowest BCUT2D eigenvalue weighted by Gasteiger charge is -2.26. The van der Waals surface area contributed by atoms with Crippen LogP contribution >= 0.6 is 0 Å². The van der Waals surface area contributed by atoms with Crippen LogP contribution in [0.2, 0.25) is 0 Å². The number of hydrogen-bond donors (Lipinski definition) is 2. The Hall–Kier alpha value is -2.68. The molecular formula is C23H25N3O2. The standard InChI is InChI=1S/C23H25N3O2/c1-25-18-9-5-8-17(12-18)23(22(24)28)13-21(23)20(16-6-3-2-4-7-16)15-26-11-10-19(27)14-26/h2-9,12,19-21,27H,10-11,13-15H2,(H2,24,28)/t19-,20+,21?,23?/m0/s1. The molecule has 1 saturated carbocycles. The summed E-state index contributed by atoms with van der Waals surface area (Å²) in [6, 6.07) is 17.6. The fourth-order valence-electron chi connectivity index (χ4n) is 4.81. The van der Waals surface area contributed by atoms with E-state index in [4.69, 9.17) is 12.3 Å². The minimum absolute atomic E-state index is 0.0890. The number of carbonyl (C=O) groups excluding carboxylic acids is 1. The highest BCUT2D eigenvalue weighted by Crippen LogP contribution is 2.60. The zero-order valence-corrected chi connectivity index (χ0v) is 15.8. The summed E-state index contributed by atoms with van der Waals surface area (Å²) < 4.78 is 0. The van der Waals surface area contributed by atoms with Crippen LogP contribution in [-0.4, -0.2) is 41.7 Å². The maximum absolute atomic E-state index is 12.6. The molecule has 2 aromatic carbocycles. The van der Waals surface area contributed by atoms with Crippen LogP contribution in [0.3, 0.4) is 0 Å². The molecule has 3 N–H and O–H groups in total. The maximum Gasteiger partial charge on any atom is 0.228 e. The molecule has 5 nitrogen and oxygen atoms in total. The molecule has 5 heteroatoms. The third kappa shape index (κ3) is 3.30. The predicted octanol–water partition coefficient (Wildman–Crippen LogP) is 2.83. The van der Waals surface area contributed by atoms with Crippen molar-refractivity contribution in [2.45, 2.75) is 30.3 Å². The molecule has 0 aromatic heterocycles. The molecule has 1 aliphatic heterocycles. The maximum atomic E-state index is 12.6. The van der Waals surface area contributed by atoms with E-state index < -0.39 is 5.41 Å². The quantitative estimate of drug-likeness (QED) is 0.763. The minimum atomic E-state index is -0.723. The first-order valence-corrected chi connectivity index (χ1v) is 9.78. The number of β-amino-alcohol motifs (C(OH)–C–C–N with tert-alkyl or cyclic N) is 1. The zero-order chi connectivity index (χ0) is 19.7. The molecule has 2 aliphatic rings. The van der Waals surface area contributed by atoms with Crippen LogP contribution in [0, 0.1) is 12.5 Å². The Kier molecular flexibility index (Phi) is 4.92. The number of aliphatic hydroxyl groups is 1. The molecule has 1 amide bonds. The van der Waals surface area contributed by atoms with Crippen molar-refractivity contribution in [2.75, 3.05) is 19.6 Å². The first kappa shape index (κ1) is 18.7. The fourth-order valence-corrected chi connectivity index (χ4v) is 4.81. The van der Waals surface area contributed by atoms with Crippen molar-refractivity contribution >= 4 is 11.6 Å². The third-order valence-corrected chi connectivity index (χ3v) is 6.36.